The van der Waals surface area contributed by atoms with Gasteiger partial charge in [-0.2, -0.15) is 0 Å². The normalized spacial score (nSPS) is 18.3. The van der Waals surface area contributed by atoms with Crippen molar-refractivity contribution in [1.29, 1.82) is 0 Å². The molecule has 0 radical (unpaired) electrons. The van der Waals surface area contributed by atoms with Gasteiger partial charge in [0.15, 0.2) is 0 Å². The van der Waals surface area contributed by atoms with Gasteiger partial charge >= 0.3 is 0 Å². The molecule has 158 valence electrons. The molecule has 1 heterocycles. The summed E-state index contributed by atoms with van der Waals surface area (Å²) in [7, 11) is 0. The summed E-state index contributed by atoms with van der Waals surface area (Å²) in [6, 6.07) is 18.7. The maximum atomic E-state index is 4.02. The van der Waals surface area contributed by atoms with E-state index in [0.29, 0.717) is 17.9 Å². The lowest BCUT2D eigenvalue weighted by Crippen LogP contribution is -2.45. The molecule has 1 saturated heterocycles. The Kier molecular flexibility index (Phi) is 8.32. The van der Waals surface area contributed by atoms with Gasteiger partial charge in [-0.05, 0) is 88.0 Å². The van der Waals surface area contributed by atoms with Gasteiger partial charge in [-0.3, -0.25) is 0 Å². The molecule has 2 atom stereocenters. The van der Waals surface area contributed by atoms with E-state index in [-0.39, 0.29) is 0 Å². The fourth-order valence-electron chi connectivity index (χ4n) is 4.80. The second-order valence-corrected chi connectivity index (χ2v) is 9.46. The van der Waals surface area contributed by atoms with Crippen LogP contribution in [0.1, 0.15) is 48.9 Å². The quantitative estimate of drug-likeness (QED) is 0.603. The maximum absolute atomic E-state index is 4.02. The molecule has 1 aliphatic rings. The number of hydrogen-bond donors (Lipinski definition) is 2. The lowest BCUT2D eigenvalue weighted by molar-refractivity contribution is 0.251. The molecule has 0 saturated carbocycles. The topological polar surface area (TPSA) is 24.1 Å². The first-order valence-corrected chi connectivity index (χ1v) is 11.6. The largest absolute Gasteiger partial charge is 0.317 e. The van der Waals surface area contributed by atoms with Crippen LogP contribution in [-0.4, -0.2) is 25.7 Å². The van der Waals surface area contributed by atoms with Gasteiger partial charge in [-0.15, -0.1) is 0 Å². The van der Waals surface area contributed by atoms with E-state index in [2.05, 4.69) is 86.9 Å². The zero-order valence-electron chi connectivity index (χ0n) is 18.9. The van der Waals surface area contributed by atoms with E-state index in [9.17, 15) is 0 Å². The zero-order chi connectivity index (χ0) is 20.6. The van der Waals surface area contributed by atoms with E-state index < -0.39 is 0 Å². The van der Waals surface area contributed by atoms with Crippen LogP contribution < -0.4 is 10.6 Å². The summed E-state index contributed by atoms with van der Waals surface area (Å²) in [5, 5.41) is 7.52. The van der Waals surface area contributed by atoms with E-state index in [1.807, 2.05) is 0 Å². The molecule has 29 heavy (non-hydrogen) atoms. The molecule has 1 fully saturated rings. The van der Waals surface area contributed by atoms with Crippen molar-refractivity contribution in [3.63, 3.8) is 0 Å². The molecule has 3 rings (SSSR count). The highest BCUT2D eigenvalue weighted by atomic mass is 14.9. The predicted octanol–water partition coefficient (Wildman–Crippen LogP) is 5.32. The third-order valence-corrected chi connectivity index (χ3v) is 6.68. The van der Waals surface area contributed by atoms with Crippen molar-refractivity contribution < 1.29 is 0 Å². The van der Waals surface area contributed by atoms with Gasteiger partial charge in [0.25, 0.3) is 0 Å². The minimum atomic E-state index is 0.535. The van der Waals surface area contributed by atoms with E-state index >= 15 is 0 Å². The van der Waals surface area contributed by atoms with Crippen molar-refractivity contribution in [3.8, 4) is 0 Å². The molecule has 0 spiro atoms. The first-order valence-electron chi connectivity index (χ1n) is 11.6. The van der Waals surface area contributed by atoms with E-state index in [4.69, 9.17) is 0 Å². The van der Waals surface area contributed by atoms with Crippen molar-refractivity contribution in [1.82, 2.24) is 10.6 Å². The second kappa shape index (κ2) is 10.9. The van der Waals surface area contributed by atoms with E-state index in [1.165, 1.54) is 48.2 Å². The number of benzene rings is 2. The van der Waals surface area contributed by atoms with Crippen LogP contribution in [0.25, 0.3) is 0 Å². The minimum Gasteiger partial charge on any atom is -0.317 e. The van der Waals surface area contributed by atoms with E-state index in [0.717, 1.165) is 25.3 Å². The standard InChI is InChI=1S/C27H40N2/c1-20-5-9-24(10-6-20)17-22(3)27(29-19-26-13-15-28-16-14-26)23(4)18-25-11-7-21(2)8-12-25/h5-12,22-23,26-29H,13-19H2,1-4H3. The van der Waals surface area contributed by atoms with Crippen LogP contribution in [0.2, 0.25) is 0 Å². The number of nitrogens with one attached hydrogen (secondary N) is 2. The maximum Gasteiger partial charge on any atom is 0.0125 e. The summed E-state index contributed by atoms with van der Waals surface area (Å²) < 4.78 is 0. The Labute approximate surface area is 178 Å². The van der Waals surface area contributed by atoms with Crippen molar-refractivity contribution in [3.05, 3.63) is 70.8 Å². The van der Waals surface area contributed by atoms with E-state index in [1.54, 1.807) is 0 Å². The summed E-state index contributed by atoms with van der Waals surface area (Å²) in [4.78, 5) is 0. The van der Waals surface area contributed by atoms with Crippen molar-refractivity contribution >= 4 is 0 Å². The Bertz CT molecular complexity index is 660. The monoisotopic (exact) mass is 392 g/mol. The van der Waals surface area contributed by atoms with Gasteiger partial charge < -0.3 is 10.6 Å². The molecule has 0 amide bonds. The molecule has 0 aromatic heterocycles. The molecule has 0 aliphatic carbocycles. The smallest absolute Gasteiger partial charge is 0.0125 e. The predicted molar refractivity (Wildman–Crippen MR) is 125 cm³/mol. The van der Waals surface area contributed by atoms with Crippen LogP contribution in [0, 0.1) is 31.6 Å². The van der Waals surface area contributed by atoms with Crippen molar-refractivity contribution in [2.24, 2.45) is 17.8 Å². The minimum absolute atomic E-state index is 0.535. The summed E-state index contributed by atoms with van der Waals surface area (Å²) in [5.74, 6) is 2.04. The van der Waals surface area contributed by atoms with Crippen LogP contribution in [-0.2, 0) is 12.8 Å². The third-order valence-electron chi connectivity index (χ3n) is 6.68. The molecule has 0 bridgehead atoms. The van der Waals surface area contributed by atoms with Crippen LogP contribution in [0.5, 0.6) is 0 Å². The van der Waals surface area contributed by atoms with Crippen LogP contribution in [0.3, 0.4) is 0 Å². The first kappa shape index (κ1) is 22.1. The lowest BCUT2D eigenvalue weighted by Gasteiger charge is -2.33. The number of hydrogen-bond acceptors (Lipinski definition) is 2. The first-order chi connectivity index (χ1) is 14.0. The molecule has 2 heteroatoms. The molecule has 1 aliphatic heterocycles. The number of piperidine rings is 1. The highest BCUT2D eigenvalue weighted by molar-refractivity contribution is 5.23. The SMILES string of the molecule is Cc1ccc(CC(C)C(NCC2CCNCC2)C(C)Cc2ccc(C)cc2)cc1. The van der Waals surface area contributed by atoms with Crippen LogP contribution in [0.15, 0.2) is 48.5 Å². The Morgan fingerprint density at radius 3 is 1.69 bits per heavy atom. The van der Waals surface area contributed by atoms with Gasteiger partial charge in [0.2, 0.25) is 0 Å². The average molecular weight is 393 g/mol. The summed E-state index contributed by atoms with van der Waals surface area (Å²) in [6.45, 7) is 12.7. The zero-order valence-corrected chi connectivity index (χ0v) is 18.9. The fourth-order valence-corrected chi connectivity index (χ4v) is 4.80. The van der Waals surface area contributed by atoms with Crippen LogP contribution >= 0.6 is 0 Å². The Balaban J connectivity index is 1.66. The van der Waals surface area contributed by atoms with Gasteiger partial charge in [0.1, 0.15) is 0 Å². The van der Waals surface area contributed by atoms with Gasteiger partial charge in [0.05, 0.1) is 0 Å². The average Bonchev–Trinajstić information content (AvgIpc) is 2.72. The number of aryl methyl sites for hydroxylation is 2. The molecular formula is C27H40N2. The summed E-state index contributed by atoms with van der Waals surface area (Å²) in [6.07, 6.45) is 4.89. The van der Waals surface area contributed by atoms with Crippen molar-refractivity contribution in [2.75, 3.05) is 19.6 Å². The number of rotatable bonds is 9. The Morgan fingerprint density at radius 2 is 1.24 bits per heavy atom. The molecule has 2 N–H and O–H groups in total. The molecule has 2 aromatic carbocycles. The highest BCUT2D eigenvalue weighted by Gasteiger charge is 2.25. The second-order valence-electron chi connectivity index (χ2n) is 9.46. The lowest BCUT2D eigenvalue weighted by atomic mass is 9.82. The fraction of sp³-hybridized carbons (Fsp3) is 0.556. The summed E-state index contributed by atoms with van der Waals surface area (Å²) in [5.41, 5.74) is 5.60. The Hall–Kier alpha value is -1.64. The molecule has 2 nitrogen and oxygen atoms in total. The molecule has 2 unspecified atom stereocenters. The molecular weight excluding hydrogens is 352 g/mol. The van der Waals surface area contributed by atoms with Gasteiger partial charge in [0, 0.05) is 6.04 Å². The summed E-state index contributed by atoms with van der Waals surface area (Å²) >= 11 is 0. The third kappa shape index (κ3) is 6.97. The van der Waals surface area contributed by atoms with Crippen molar-refractivity contribution in [2.45, 2.75) is 59.4 Å². The molecule has 2 aromatic rings. The highest BCUT2D eigenvalue weighted by Crippen LogP contribution is 2.23. The van der Waals surface area contributed by atoms with Gasteiger partial charge in [-0.25, -0.2) is 0 Å². The van der Waals surface area contributed by atoms with Crippen LogP contribution in [0.4, 0.5) is 0 Å². The Morgan fingerprint density at radius 1 is 0.793 bits per heavy atom. The van der Waals surface area contributed by atoms with Gasteiger partial charge in [-0.1, -0.05) is 73.5 Å².